The summed E-state index contributed by atoms with van der Waals surface area (Å²) in [6.07, 6.45) is 0. The van der Waals surface area contributed by atoms with Crippen LogP contribution in [0, 0.1) is 6.92 Å². The fourth-order valence-corrected chi connectivity index (χ4v) is 2.47. The predicted molar refractivity (Wildman–Crippen MR) is 79.6 cm³/mol. The van der Waals surface area contributed by atoms with Crippen LogP contribution in [0.5, 0.6) is 0 Å². The Hall–Kier alpha value is -1.46. The predicted octanol–water partition coefficient (Wildman–Crippen LogP) is 0.885. The summed E-state index contributed by atoms with van der Waals surface area (Å²) in [5, 5.41) is 0. The number of hydrogen-bond donors (Lipinski definition) is 1. The minimum atomic E-state index is -0.00325. The van der Waals surface area contributed by atoms with E-state index in [0.717, 1.165) is 31.9 Å². The summed E-state index contributed by atoms with van der Waals surface area (Å²) in [6, 6.07) is 5.56. The van der Waals surface area contributed by atoms with Crippen molar-refractivity contribution in [3.8, 4) is 0 Å². The van der Waals surface area contributed by atoms with Crippen LogP contribution in [0.1, 0.15) is 30.0 Å². The van der Waals surface area contributed by atoms with E-state index < -0.39 is 0 Å². The number of aromatic nitrogens is 1. The Labute approximate surface area is 120 Å². The summed E-state index contributed by atoms with van der Waals surface area (Å²) in [7, 11) is 0. The number of pyridine rings is 1. The lowest BCUT2D eigenvalue weighted by Crippen LogP contribution is -2.58. The highest BCUT2D eigenvalue weighted by Gasteiger charge is 2.30. The molecule has 1 aromatic rings. The zero-order valence-corrected chi connectivity index (χ0v) is 12.6. The molecule has 0 bridgehead atoms. The first-order chi connectivity index (χ1) is 9.44. The van der Waals surface area contributed by atoms with Gasteiger partial charge in [-0.05, 0) is 32.9 Å². The van der Waals surface area contributed by atoms with Gasteiger partial charge in [-0.1, -0.05) is 6.07 Å². The lowest BCUT2D eigenvalue weighted by molar-refractivity contribution is 0.0422. The van der Waals surface area contributed by atoms with Gasteiger partial charge in [-0.15, -0.1) is 0 Å². The molecule has 0 radical (unpaired) electrons. The van der Waals surface area contributed by atoms with Crippen molar-refractivity contribution in [1.29, 1.82) is 0 Å². The van der Waals surface area contributed by atoms with Crippen LogP contribution in [0.25, 0.3) is 0 Å². The molecule has 0 saturated carbocycles. The lowest BCUT2D eigenvalue weighted by Gasteiger charge is -2.43. The first-order valence-corrected chi connectivity index (χ1v) is 7.12. The van der Waals surface area contributed by atoms with Gasteiger partial charge in [-0.2, -0.15) is 0 Å². The van der Waals surface area contributed by atoms with Gasteiger partial charge < -0.3 is 10.6 Å². The molecule has 0 spiro atoms. The van der Waals surface area contributed by atoms with E-state index in [4.69, 9.17) is 5.73 Å². The molecular weight excluding hydrogens is 252 g/mol. The summed E-state index contributed by atoms with van der Waals surface area (Å²) >= 11 is 0. The number of aryl methyl sites for hydroxylation is 1. The number of amides is 1. The molecule has 1 aliphatic rings. The average molecular weight is 276 g/mol. The Balaban J connectivity index is 1.99. The van der Waals surface area contributed by atoms with E-state index in [-0.39, 0.29) is 11.4 Å². The third-order valence-corrected chi connectivity index (χ3v) is 4.03. The zero-order valence-electron chi connectivity index (χ0n) is 12.6. The summed E-state index contributed by atoms with van der Waals surface area (Å²) < 4.78 is 0. The number of rotatable bonds is 3. The molecule has 1 aliphatic heterocycles. The molecule has 2 heterocycles. The second-order valence-corrected chi connectivity index (χ2v) is 5.96. The van der Waals surface area contributed by atoms with Crippen molar-refractivity contribution in [2.45, 2.75) is 26.3 Å². The van der Waals surface area contributed by atoms with Crippen molar-refractivity contribution >= 4 is 5.91 Å². The maximum absolute atomic E-state index is 12.4. The molecule has 0 aliphatic carbocycles. The summed E-state index contributed by atoms with van der Waals surface area (Å²) in [6.45, 7) is 10.0. The molecule has 2 rings (SSSR count). The van der Waals surface area contributed by atoms with E-state index in [1.54, 1.807) is 6.07 Å². The standard InChI is InChI=1S/C15H24N4O/c1-12-5-4-6-13(17-12)14(20)18-7-9-19(10-8-18)15(2,3)11-16/h4-6H,7-11,16H2,1-3H3. The number of hydrogen-bond acceptors (Lipinski definition) is 4. The number of carbonyl (C=O) groups excluding carboxylic acids is 1. The fraction of sp³-hybridized carbons (Fsp3) is 0.600. The van der Waals surface area contributed by atoms with Crippen LogP contribution in [0.15, 0.2) is 18.2 Å². The van der Waals surface area contributed by atoms with Gasteiger partial charge in [0.2, 0.25) is 0 Å². The maximum Gasteiger partial charge on any atom is 0.272 e. The molecule has 0 aromatic carbocycles. The van der Waals surface area contributed by atoms with Crippen molar-refractivity contribution in [3.63, 3.8) is 0 Å². The molecule has 0 atom stereocenters. The molecule has 110 valence electrons. The average Bonchev–Trinajstić information content (AvgIpc) is 2.46. The summed E-state index contributed by atoms with van der Waals surface area (Å²) in [5.74, 6) is 0.0268. The Morgan fingerprint density at radius 2 is 1.95 bits per heavy atom. The molecule has 1 fully saturated rings. The quantitative estimate of drug-likeness (QED) is 0.890. The smallest absolute Gasteiger partial charge is 0.272 e. The summed E-state index contributed by atoms with van der Waals surface area (Å²) in [5.41, 5.74) is 7.22. The molecule has 5 heteroatoms. The highest BCUT2D eigenvalue weighted by Crippen LogP contribution is 2.16. The van der Waals surface area contributed by atoms with E-state index in [0.29, 0.717) is 12.2 Å². The zero-order chi connectivity index (χ0) is 14.8. The van der Waals surface area contributed by atoms with Gasteiger partial charge in [0, 0.05) is 44.0 Å². The lowest BCUT2D eigenvalue weighted by atomic mass is 10.0. The highest BCUT2D eigenvalue weighted by molar-refractivity contribution is 5.92. The third kappa shape index (κ3) is 3.16. The Bertz CT molecular complexity index is 479. The van der Waals surface area contributed by atoms with E-state index in [1.807, 2.05) is 24.0 Å². The molecule has 2 N–H and O–H groups in total. The van der Waals surface area contributed by atoms with Crippen molar-refractivity contribution in [2.24, 2.45) is 5.73 Å². The number of nitrogens with two attached hydrogens (primary N) is 1. The molecule has 1 aromatic heterocycles. The van der Waals surface area contributed by atoms with Gasteiger partial charge in [0.1, 0.15) is 5.69 Å². The number of piperazine rings is 1. The van der Waals surface area contributed by atoms with Gasteiger partial charge in [0.15, 0.2) is 0 Å². The molecule has 5 nitrogen and oxygen atoms in total. The number of carbonyl (C=O) groups is 1. The van der Waals surface area contributed by atoms with Crippen LogP contribution < -0.4 is 5.73 Å². The van der Waals surface area contributed by atoms with E-state index in [9.17, 15) is 4.79 Å². The topological polar surface area (TPSA) is 62.5 Å². The van der Waals surface area contributed by atoms with Crippen LogP contribution in [-0.4, -0.2) is 59.0 Å². The van der Waals surface area contributed by atoms with Crippen LogP contribution >= 0.6 is 0 Å². The minimum absolute atomic E-state index is 0.00325. The SMILES string of the molecule is Cc1cccc(C(=O)N2CCN(C(C)(C)CN)CC2)n1. The van der Waals surface area contributed by atoms with Crippen molar-refractivity contribution in [3.05, 3.63) is 29.6 Å². The minimum Gasteiger partial charge on any atom is -0.335 e. The van der Waals surface area contributed by atoms with Crippen LogP contribution in [0.2, 0.25) is 0 Å². The van der Waals surface area contributed by atoms with Gasteiger partial charge in [0.25, 0.3) is 5.91 Å². The van der Waals surface area contributed by atoms with E-state index in [1.165, 1.54) is 0 Å². The van der Waals surface area contributed by atoms with Crippen LogP contribution in [0.4, 0.5) is 0 Å². The molecule has 1 saturated heterocycles. The van der Waals surface area contributed by atoms with Crippen molar-refractivity contribution in [2.75, 3.05) is 32.7 Å². The Kier molecular flexibility index (Phi) is 4.40. The Morgan fingerprint density at radius 3 is 2.50 bits per heavy atom. The monoisotopic (exact) mass is 276 g/mol. The van der Waals surface area contributed by atoms with Gasteiger partial charge in [-0.3, -0.25) is 9.69 Å². The highest BCUT2D eigenvalue weighted by atomic mass is 16.2. The maximum atomic E-state index is 12.4. The second-order valence-electron chi connectivity index (χ2n) is 5.96. The third-order valence-electron chi connectivity index (χ3n) is 4.03. The van der Waals surface area contributed by atoms with Crippen LogP contribution in [0.3, 0.4) is 0 Å². The molecule has 1 amide bonds. The fourth-order valence-electron chi connectivity index (χ4n) is 2.47. The van der Waals surface area contributed by atoms with Crippen molar-refractivity contribution < 1.29 is 4.79 Å². The number of nitrogens with zero attached hydrogens (tertiary/aromatic N) is 3. The van der Waals surface area contributed by atoms with E-state index >= 15 is 0 Å². The largest absolute Gasteiger partial charge is 0.335 e. The molecule has 0 unspecified atom stereocenters. The first kappa shape index (κ1) is 14.9. The second kappa shape index (κ2) is 5.89. The van der Waals surface area contributed by atoms with Crippen LogP contribution in [-0.2, 0) is 0 Å². The molecule has 20 heavy (non-hydrogen) atoms. The summed E-state index contributed by atoms with van der Waals surface area (Å²) in [4.78, 5) is 20.9. The van der Waals surface area contributed by atoms with Gasteiger partial charge in [0.05, 0.1) is 0 Å². The normalized spacial score (nSPS) is 17.3. The van der Waals surface area contributed by atoms with Gasteiger partial charge in [-0.25, -0.2) is 4.98 Å². The van der Waals surface area contributed by atoms with Crippen molar-refractivity contribution in [1.82, 2.24) is 14.8 Å². The Morgan fingerprint density at radius 1 is 1.30 bits per heavy atom. The van der Waals surface area contributed by atoms with E-state index in [2.05, 4.69) is 23.7 Å². The first-order valence-electron chi connectivity index (χ1n) is 7.12. The molecular formula is C15H24N4O. The van der Waals surface area contributed by atoms with Gasteiger partial charge >= 0.3 is 0 Å².